The molecule has 1 atom stereocenters. The number of hydrogen-bond acceptors (Lipinski definition) is 5. The van der Waals surface area contributed by atoms with Crippen molar-refractivity contribution in [3.8, 4) is 0 Å². The van der Waals surface area contributed by atoms with E-state index in [1.54, 1.807) is 37.3 Å². The van der Waals surface area contributed by atoms with Crippen molar-refractivity contribution in [1.82, 2.24) is 5.32 Å². The van der Waals surface area contributed by atoms with Crippen molar-refractivity contribution in [2.24, 2.45) is 0 Å². The minimum absolute atomic E-state index is 0.208. The molecule has 0 fully saturated rings. The monoisotopic (exact) mass is 396 g/mol. The number of sulfone groups is 1. The Morgan fingerprint density at radius 1 is 0.962 bits per heavy atom. The molecule has 7 nitrogen and oxygen atoms in total. The lowest BCUT2D eigenvalue weighted by molar-refractivity contribution is 0.0940. The minimum Gasteiger partial charge on any atom is -0.346 e. The van der Waals surface area contributed by atoms with Gasteiger partial charge in [-0.3, -0.25) is 9.52 Å². The Kier molecular flexibility index (Phi) is 5.72. The van der Waals surface area contributed by atoms with E-state index in [0.29, 0.717) is 11.3 Å². The molecule has 26 heavy (non-hydrogen) atoms. The number of amides is 1. The van der Waals surface area contributed by atoms with Gasteiger partial charge < -0.3 is 5.32 Å². The molecule has 0 saturated carbocycles. The molecule has 2 aromatic rings. The number of nitrogens with one attached hydrogen (secondary N) is 2. The van der Waals surface area contributed by atoms with E-state index in [1.165, 1.54) is 18.2 Å². The quantitative estimate of drug-likeness (QED) is 0.776. The molecule has 0 saturated heterocycles. The molecule has 2 N–H and O–H groups in total. The fraction of sp³-hybridized carbons (Fsp3) is 0.235. The van der Waals surface area contributed by atoms with Crippen molar-refractivity contribution in [3.63, 3.8) is 0 Å². The summed E-state index contributed by atoms with van der Waals surface area (Å²) in [5.41, 5.74) is 1.35. The average molecular weight is 396 g/mol. The predicted octanol–water partition coefficient (Wildman–Crippen LogP) is 1.95. The maximum Gasteiger partial charge on any atom is 0.251 e. The molecule has 2 rings (SSSR count). The van der Waals surface area contributed by atoms with Crippen molar-refractivity contribution in [1.29, 1.82) is 0 Å². The highest BCUT2D eigenvalue weighted by molar-refractivity contribution is 7.92. The van der Waals surface area contributed by atoms with Crippen molar-refractivity contribution in [2.45, 2.75) is 17.9 Å². The molecule has 0 aliphatic carbocycles. The zero-order valence-corrected chi connectivity index (χ0v) is 16.2. The smallest absolute Gasteiger partial charge is 0.251 e. The second-order valence-corrected chi connectivity index (χ2v) is 9.76. The van der Waals surface area contributed by atoms with Gasteiger partial charge in [0.15, 0.2) is 9.84 Å². The first kappa shape index (κ1) is 19.9. The Morgan fingerprint density at radius 3 is 2.12 bits per heavy atom. The van der Waals surface area contributed by atoms with Crippen LogP contribution in [0.5, 0.6) is 0 Å². The maximum atomic E-state index is 12.4. The first-order valence-electron chi connectivity index (χ1n) is 7.64. The Labute approximate surface area is 153 Å². The molecule has 0 aliphatic rings. The van der Waals surface area contributed by atoms with Crippen molar-refractivity contribution in [2.75, 3.05) is 17.2 Å². The summed E-state index contributed by atoms with van der Waals surface area (Å²) < 4.78 is 47.9. The van der Waals surface area contributed by atoms with Gasteiger partial charge in [-0.15, -0.1) is 0 Å². The fourth-order valence-electron chi connectivity index (χ4n) is 2.31. The van der Waals surface area contributed by atoms with E-state index in [4.69, 9.17) is 0 Å². The summed E-state index contributed by atoms with van der Waals surface area (Å²) in [6, 6.07) is 12.0. The van der Waals surface area contributed by atoms with Crippen molar-refractivity contribution >= 4 is 31.5 Å². The van der Waals surface area contributed by atoms with Gasteiger partial charge in [-0.2, -0.15) is 0 Å². The third kappa shape index (κ3) is 5.57. The number of carbonyl (C=O) groups is 1. The van der Waals surface area contributed by atoms with Gasteiger partial charge in [-0.1, -0.05) is 18.2 Å². The lowest BCUT2D eigenvalue weighted by Crippen LogP contribution is -2.26. The van der Waals surface area contributed by atoms with Gasteiger partial charge in [-0.05, 0) is 42.8 Å². The molecular weight excluding hydrogens is 376 g/mol. The molecule has 0 radical (unpaired) electrons. The highest BCUT2D eigenvalue weighted by Gasteiger charge is 2.14. The van der Waals surface area contributed by atoms with Crippen LogP contribution in [0.15, 0.2) is 53.4 Å². The van der Waals surface area contributed by atoms with E-state index in [-0.39, 0.29) is 16.8 Å². The van der Waals surface area contributed by atoms with E-state index >= 15 is 0 Å². The molecule has 0 heterocycles. The van der Waals surface area contributed by atoms with Crippen LogP contribution in [-0.2, 0) is 19.9 Å². The van der Waals surface area contributed by atoms with E-state index < -0.39 is 19.9 Å². The van der Waals surface area contributed by atoms with Gasteiger partial charge >= 0.3 is 0 Å². The van der Waals surface area contributed by atoms with Crippen LogP contribution in [0.1, 0.15) is 28.9 Å². The fourth-order valence-corrected chi connectivity index (χ4v) is 3.49. The lowest BCUT2D eigenvalue weighted by atomic mass is 10.1. The number of benzene rings is 2. The van der Waals surface area contributed by atoms with Crippen LogP contribution in [-0.4, -0.2) is 35.3 Å². The van der Waals surface area contributed by atoms with Crippen LogP contribution in [0.25, 0.3) is 0 Å². The number of hydrogen-bond donors (Lipinski definition) is 2. The van der Waals surface area contributed by atoms with Crippen LogP contribution in [0.4, 0.5) is 5.69 Å². The second-order valence-electron chi connectivity index (χ2n) is 5.99. The Bertz CT molecular complexity index is 1010. The van der Waals surface area contributed by atoms with Gasteiger partial charge in [0.2, 0.25) is 10.0 Å². The van der Waals surface area contributed by atoms with Crippen LogP contribution in [0.3, 0.4) is 0 Å². The Balaban J connectivity index is 2.13. The standard InChI is InChI=1S/C17H20N2O5S2/c1-12(13-7-9-16(10-8-13)25(2,21)22)18-17(20)14-5-4-6-15(11-14)19-26(3,23)24/h4-12,19H,1-3H3,(H,18,20). The third-order valence-corrected chi connectivity index (χ3v) is 5.32. The number of rotatable bonds is 6. The van der Waals surface area contributed by atoms with E-state index in [1.807, 2.05) is 0 Å². The molecule has 1 unspecified atom stereocenters. The SMILES string of the molecule is CC(NC(=O)c1cccc(NS(C)(=O)=O)c1)c1ccc(S(C)(=O)=O)cc1. The zero-order valence-electron chi connectivity index (χ0n) is 14.6. The molecular formula is C17H20N2O5S2. The van der Waals surface area contributed by atoms with Crippen molar-refractivity contribution in [3.05, 3.63) is 59.7 Å². The van der Waals surface area contributed by atoms with Crippen LogP contribution < -0.4 is 10.0 Å². The highest BCUT2D eigenvalue weighted by atomic mass is 32.2. The Morgan fingerprint density at radius 2 is 1.58 bits per heavy atom. The summed E-state index contributed by atoms with van der Waals surface area (Å²) in [4.78, 5) is 12.6. The minimum atomic E-state index is -3.43. The van der Waals surface area contributed by atoms with Gasteiger partial charge in [-0.25, -0.2) is 16.8 Å². The molecule has 140 valence electrons. The molecule has 0 aliphatic heterocycles. The second kappa shape index (κ2) is 7.46. The summed E-state index contributed by atoms with van der Waals surface area (Å²) in [6.45, 7) is 1.77. The molecule has 0 aromatic heterocycles. The maximum absolute atomic E-state index is 12.4. The van der Waals surface area contributed by atoms with Gasteiger partial charge in [0.25, 0.3) is 5.91 Å². The normalized spacial score (nSPS) is 13.0. The van der Waals surface area contributed by atoms with Gasteiger partial charge in [0.1, 0.15) is 0 Å². The zero-order chi connectivity index (χ0) is 19.5. The van der Waals surface area contributed by atoms with Crippen LogP contribution in [0.2, 0.25) is 0 Å². The summed E-state index contributed by atoms with van der Waals surface area (Å²) >= 11 is 0. The van der Waals surface area contributed by atoms with Gasteiger partial charge in [0, 0.05) is 17.5 Å². The van der Waals surface area contributed by atoms with Gasteiger partial charge in [0.05, 0.1) is 17.2 Å². The molecule has 0 spiro atoms. The number of carbonyl (C=O) groups excluding carboxylic acids is 1. The van der Waals surface area contributed by atoms with E-state index in [0.717, 1.165) is 18.1 Å². The van der Waals surface area contributed by atoms with Crippen LogP contribution >= 0.6 is 0 Å². The van der Waals surface area contributed by atoms with Crippen molar-refractivity contribution < 1.29 is 21.6 Å². The third-order valence-electron chi connectivity index (χ3n) is 3.58. The predicted molar refractivity (Wildman–Crippen MR) is 100 cm³/mol. The number of sulfonamides is 1. The lowest BCUT2D eigenvalue weighted by Gasteiger charge is -2.15. The summed E-state index contributed by atoms with van der Waals surface area (Å²) in [6.07, 6.45) is 2.16. The first-order valence-corrected chi connectivity index (χ1v) is 11.4. The number of anilines is 1. The molecule has 9 heteroatoms. The Hall–Kier alpha value is -2.39. The summed E-state index contributed by atoms with van der Waals surface area (Å²) in [7, 11) is -6.71. The van der Waals surface area contributed by atoms with Crippen LogP contribution in [0, 0.1) is 0 Å². The topological polar surface area (TPSA) is 109 Å². The van der Waals surface area contributed by atoms with E-state index in [2.05, 4.69) is 10.0 Å². The average Bonchev–Trinajstić information content (AvgIpc) is 2.52. The summed E-state index contributed by atoms with van der Waals surface area (Å²) in [5.74, 6) is -0.373. The highest BCUT2D eigenvalue weighted by Crippen LogP contribution is 2.18. The summed E-state index contributed by atoms with van der Waals surface area (Å²) in [5, 5.41) is 2.80. The largest absolute Gasteiger partial charge is 0.346 e. The molecule has 0 bridgehead atoms. The molecule has 1 amide bonds. The molecule has 2 aromatic carbocycles. The first-order chi connectivity index (χ1) is 12.0. The van der Waals surface area contributed by atoms with E-state index in [9.17, 15) is 21.6 Å².